The number of hydrogen-bond donors (Lipinski definition) is 1. The summed E-state index contributed by atoms with van der Waals surface area (Å²) in [6.45, 7) is 23.8. The molecule has 0 aliphatic heterocycles. The van der Waals surface area contributed by atoms with Crippen LogP contribution in [0.2, 0.25) is 0 Å². The predicted molar refractivity (Wildman–Crippen MR) is 290 cm³/mol. The van der Waals surface area contributed by atoms with Gasteiger partial charge in [0.05, 0.1) is 17.8 Å². The zero-order valence-corrected chi connectivity index (χ0v) is 46.9. The van der Waals surface area contributed by atoms with Crippen molar-refractivity contribution in [3.8, 4) is 0 Å². The van der Waals surface area contributed by atoms with Gasteiger partial charge in [-0.15, -0.1) is 0 Å². The molecule has 1 amide bonds. The van der Waals surface area contributed by atoms with Crippen molar-refractivity contribution in [1.29, 1.82) is 0 Å². The molecule has 0 rings (SSSR count). The Labute approximate surface area is 411 Å². The first-order valence-electron chi connectivity index (χ1n) is 29.6. The maximum Gasteiger partial charge on any atom is 0.225 e. The maximum atomic E-state index is 14.0. The van der Waals surface area contributed by atoms with Gasteiger partial charge < -0.3 is 14.8 Å². The van der Waals surface area contributed by atoms with E-state index in [9.17, 15) is 4.79 Å². The highest BCUT2D eigenvalue weighted by Gasteiger charge is 2.40. The molecule has 390 valence electrons. The summed E-state index contributed by atoms with van der Waals surface area (Å²) >= 11 is 0. The summed E-state index contributed by atoms with van der Waals surface area (Å²) in [6, 6.07) is 0. The van der Waals surface area contributed by atoms with Crippen molar-refractivity contribution in [2.75, 3.05) is 20.3 Å². The summed E-state index contributed by atoms with van der Waals surface area (Å²) in [4.78, 5) is 14.0. The van der Waals surface area contributed by atoms with Gasteiger partial charge in [-0.3, -0.25) is 4.79 Å². The van der Waals surface area contributed by atoms with Gasteiger partial charge in [-0.25, -0.2) is 0 Å². The van der Waals surface area contributed by atoms with Gasteiger partial charge in [0.2, 0.25) is 5.91 Å². The number of carbonyl (C=O) groups excluding carboxylic acids is 1. The van der Waals surface area contributed by atoms with E-state index in [4.69, 9.17) is 9.47 Å². The van der Waals surface area contributed by atoms with Crippen LogP contribution in [-0.2, 0) is 14.3 Å². The lowest BCUT2D eigenvalue weighted by molar-refractivity contribution is -0.132. The van der Waals surface area contributed by atoms with Crippen LogP contribution >= 0.6 is 0 Å². The minimum Gasteiger partial charge on any atom is -0.379 e. The molecular formula is C61H123NO3. The fourth-order valence-corrected chi connectivity index (χ4v) is 10.7. The van der Waals surface area contributed by atoms with Crippen LogP contribution in [0.1, 0.15) is 339 Å². The molecule has 0 aliphatic rings. The molecule has 4 nitrogen and oxygen atoms in total. The van der Waals surface area contributed by atoms with E-state index in [-0.39, 0.29) is 22.5 Å². The topological polar surface area (TPSA) is 47.6 Å². The first-order chi connectivity index (χ1) is 31.2. The fourth-order valence-electron chi connectivity index (χ4n) is 10.7. The van der Waals surface area contributed by atoms with Crippen LogP contribution in [0.25, 0.3) is 0 Å². The Morgan fingerprint density at radius 3 is 1.03 bits per heavy atom. The van der Waals surface area contributed by atoms with E-state index in [2.05, 4.69) is 74.6 Å². The Balaban J connectivity index is 4.71. The van der Waals surface area contributed by atoms with Gasteiger partial charge in [-0.1, -0.05) is 279 Å². The van der Waals surface area contributed by atoms with E-state index in [1.807, 2.05) is 0 Å². The second-order valence-electron chi connectivity index (χ2n) is 23.9. The summed E-state index contributed by atoms with van der Waals surface area (Å²) in [6.07, 6.45) is 57.3. The average molecular weight is 919 g/mol. The van der Waals surface area contributed by atoms with Gasteiger partial charge >= 0.3 is 0 Å². The highest BCUT2D eigenvalue weighted by atomic mass is 16.5. The minimum atomic E-state index is -0.426. The summed E-state index contributed by atoms with van der Waals surface area (Å²) in [5.74, 6) is 0.830. The molecule has 0 fully saturated rings. The third-order valence-electron chi connectivity index (χ3n) is 15.4. The number of amides is 1. The van der Waals surface area contributed by atoms with E-state index in [0.29, 0.717) is 12.5 Å². The standard InChI is InChI=1S/C61H123NO3/c1-12-15-17-19-21-23-25-27-29-31-33-35-37-39-41-43-45-47-49-56(50-48-46-44-42-40-38-36-34-32-30-28-26-24-22-20-18-16-13-2)53-62-57(63)58(4,5)54-61(10,14-3)55-60(8,9)65-52-51-59(6,7)64-11/h56H,12-55H2,1-11H3,(H,62,63). The van der Waals surface area contributed by atoms with Crippen molar-refractivity contribution < 1.29 is 14.3 Å². The molecule has 0 spiro atoms. The third kappa shape index (κ3) is 40.9. The molecular weight excluding hydrogens is 795 g/mol. The minimum absolute atomic E-state index is 0.0143. The molecule has 0 saturated heterocycles. The molecule has 0 bridgehead atoms. The molecule has 0 heterocycles. The predicted octanol–water partition coefficient (Wildman–Crippen LogP) is 20.4. The van der Waals surface area contributed by atoms with E-state index in [0.717, 1.165) is 32.2 Å². The smallest absolute Gasteiger partial charge is 0.225 e. The quantitative estimate of drug-likeness (QED) is 0.0619. The van der Waals surface area contributed by atoms with Crippen molar-refractivity contribution >= 4 is 5.91 Å². The second-order valence-corrected chi connectivity index (χ2v) is 23.9. The van der Waals surface area contributed by atoms with Crippen molar-refractivity contribution in [2.45, 2.75) is 350 Å². The van der Waals surface area contributed by atoms with Gasteiger partial charge in [-0.05, 0) is 71.1 Å². The number of carbonyl (C=O) groups is 1. The largest absolute Gasteiger partial charge is 0.379 e. The van der Waals surface area contributed by atoms with Crippen LogP contribution in [0.15, 0.2) is 0 Å². The number of unbranched alkanes of at least 4 members (excludes halogenated alkanes) is 34. The summed E-state index contributed by atoms with van der Waals surface area (Å²) in [7, 11) is 1.78. The van der Waals surface area contributed by atoms with Crippen molar-refractivity contribution in [3.63, 3.8) is 0 Å². The summed E-state index contributed by atoms with van der Waals surface area (Å²) in [5.41, 5.74) is -0.852. The normalized spacial score (nSPS) is 13.5. The molecule has 0 radical (unpaired) electrons. The molecule has 1 atom stereocenters. The number of hydrogen-bond acceptors (Lipinski definition) is 3. The fraction of sp³-hybridized carbons (Fsp3) is 0.984. The Morgan fingerprint density at radius 1 is 0.431 bits per heavy atom. The van der Waals surface area contributed by atoms with E-state index in [1.54, 1.807) is 7.11 Å². The second kappa shape index (κ2) is 42.3. The van der Waals surface area contributed by atoms with Gasteiger partial charge in [0.25, 0.3) is 0 Å². The van der Waals surface area contributed by atoms with Crippen LogP contribution in [0.5, 0.6) is 0 Å². The van der Waals surface area contributed by atoms with E-state index < -0.39 is 5.41 Å². The zero-order valence-electron chi connectivity index (χ0n) is 46.9. The first kappa shape index (κ1) is 64.4. The summed E-state index contributed by atoms with van der Waals surface area (Å²) in [5, 5.41) is 3.52. The third-order valence-corrected chi connectivity index (χ3v) is 15.4. The molecule has 1 unspecified atom stereocenters. The van der Waals surface area contributed by atoms with E-state index in [1.165, 1.54) is 244 Å². The van der Waals surface area contributed by atoms with Crippen LogP contribution < -0.4 is 5.32 Å². The van der Waals surface area contributed by atoms with Crippen LogP contribution in [0.4, 0.5) is 0 Å². The van der Waals surface area contributed by atoms with Crippen LogP contribution in [0, 0.1) is 16.7 Å². The Morgan fingerprint density at radius 2 is 0.738 bits per heavy atom. The number of methoxy groups -OCH3 is 1. The van der Waals surface area contributed by atoms with Gasteiger partial charge in [-0.2, -0.15) is 0 Å². The molecule has 4 heteroatoms. The highest BCUT2D eigenvalue weighted by Crippen LogP contribution is 2.43. The number of ether oxygens (including phenoxy) is 2. The highest BCUT2D eigenvalue weighted by molar-refractivity contribution is 5.81. The average Bonchev–Trinajstić information content (AvgIpc) is 3.26. The molecule has 1 N–H and O–H groups in total. The Kier molecular flexibility index (Phi) is 41.9. The SMILES string of the molecule is CCCCCCCCCCCCCCCCCCCCC(CCCCCCCCCCCCCCCCCCCC)CNC(=O)C(C)(C)CC(C)(CC)CC(C)(C)OCCC(C)(C)OC. The van der Waals surface area contributed by atoms with Crippen LogP contribution in [-0.4, -0.2) is 37.4 Å². The molecule has 0 aromatic rings. The summed E-state index contributed by atoms with van der Waals surface area (Å²) < 4.78 is 12.1. The Hall–Kier alpha value is -0.610. The monoisotopic (exact) mass is 918 g/mol. The van der Waals surface area contributed by atoms with Gasteiger partial charge in [0.1, 0.15) is 0 Å². The molecule has 0 aromatic carbocycles. The lowest BCUT2D eigenvalue weighted by Gasteiger charge is -2.41. The lowest BCUT2D eigenvalue weighted by Crippen LogP contribution is -2.44. The van der Waals surface area contributed by atoms with Crippen molar-refractivity contribution in [2.24, 2.45) is 16.7 Å². The van der Waals surface area contributed by atoms with E-state index >= 15 is 0 Å². The van der Waals surface area contributed by atoms with Crippen molar-refractivity contribution in [3.05, 3.63) is 0 Å². The first-order valence-corrected chi connectivity index (χ1v) is 29.6. The van der Waals surface area contributed by atoms with Crippen molar-refractivity contribution in [1.82, 2.24) is 5.32 Å². The lowest BCUT2D eigenvalue weighted by atomic mass is 9.67. The van der Waals surface area contributed by atoms with Gasteiger partial charge in [0, 0.05) is 19.1 Å². The number of rotatable bonds is 51. The molecule has 65 heavy (non-hydrogen) atoms. The maximum absolute atomic E-state index is 14.0. The molecule has 0 saturated carbocycles. The Bertz CT molecular complexity index is 980. The van der Waals surface area contributed by atoms with Crippen LogP contribution in [0.3, 0.4) is 0 Å². The number of nitrogens with one attached hydrogen (secondary N) is 1. The molecule has 0 aromatic heterocycles. The zero-order chi connectivity index (χ0) is 48.4. The molecule has 0 aliphatic carbocycles. The van der Waals surface area contributed by atoms with Gasteiger partial charge in [0.15, 0.2) is 0 Å².